The van der Waals surface area contributed by atoms with E-state index in [2.05, 4.69) is 25.6 Å². The molecule has 0 radical (unpaired) electrons. The van der Waals surface area contributed by atoms with E-state index in [0.29, 0.717) is 33.5 Å². The molecule has 0 bridgehead atoms. The predicted molar refractivity (Wildman–Crippen MR) is 119 cm³/mol. The molecule has 2 N–H and O–H groups in total. The predicted octanol–water partition coefficient (Wildman–Crippen LogP) is 5.66. The number of rotatable bonds is 6. The fourth-order valence-electron chi connectivity index (χ4n) is 2.92. The summed E-state index contributed by atoms with van der Waals surface area (Å²) in [4.78, 5) is 25.3. The fraction of sp³-hybridized carbons (Fsp3) is 0.0435. The van der Waals surface area contributed by atoms with Gasteiger partial charge in [-0.05, 0) is 42.0 Å². The quantitative estimate of drug-likeness (QED) is 0.410. The van der Waals surface area contributed by atoms with Gasteiger partial charge in [0.05, 0.1) is 11.9 Å². The SMILES string of the molecule is O=C(Nc1cnccc1-c1ccc(Cl)cc1)c1ccnc(Nc2ccc(CF)cn2)c1. The summed E-state index contributed by atoms with van der Waals surface area (Å²) in [6.45, 7) is -0.576. The van der Waals surface area contributed by atoms with Crippen molar-refractivity contribution in [1.29, 1.82) is 0 Å². The summed E-state index contributed by atoms with van der Waals surface area (Å²) < 4.78 is 12.6. The Balaban J connectivity index is 1.53. The van der Waals surface area contributed by atoms with Crippen LogP contribution in [-0.4, -0.2) is 20.9 Å². The summed E-state index contributed by atoms with van der Waals surface area (Å²) >= 11 is 5.98. The molecule has 1 amide bonds. The largest absolute Gasteiger partial charge is 0.325 e. The van der Waals surface area contributed by atoms with Crippen LogP contribution in [0.3, 0.4) is 0 Å². The molecule has 0 unspecified atom stereocenters. The van der Waals surface area contributed by atoms with Gasteiger partial charge in [-0.3, -0.25) is 9.78 Å². The number of carbonyl (C=O) groups excluding carboxylic acids is 1. The summed E-state index contributed by atoms with van der Waals surface area (Å²) in [5, 5.41) is 6.54. The fourth-order valence-corrected chi connectivity index (χ4v) is 3.04. The van der Waals surface area contributed by atoms with Crippen molar-refractivity contribution >= 4 is 34.8 Å². The number of aromatic nitrogens is 3. The topological polar surface area (TPSA) is 79.8 Å². The molecule has 4 aromatic rings. The third-order valence-electron chi connectivity index (χ3n) is 4.48. The van der Waals surface area contributed by atoms with Crippen molar-refractivity contribution in [3.05, 3.63) is 95.5 Å². The van der Waals surface area contributed by atoms with Gasteiger partial charge in [0.2, 0.25) is 0 Å². The van der Waals surface area contributed by atoms with Crippen molar-refractivity contribution in [3.8, 4) is 11.1 Å². The van der Waals surface area contributed by atoms with Gasteiger partial charge in [-0.1, -0.05) is 29.8 Å². The van der Waals surface area contributed by atoms with Crippen LogP contribution in [0.2, 0.25) is 5.02 Å². The van der Waals surface area contributed by atoms with Crippen LogP contribution in [0.1, 0.15) is 15.9 Å². The minimum absolute atomic E-state index is 0.311. The van der Waals surface area contributed by atoms with Gasteiger partial charge in [-0.2, -0.15) is 0 Å². The molecule has 0 spiro atoms. The number of pyridine rings is 3. The normalized spacial score (nSPS) is 10.5. The maximum absolute atomic E-state index is 12.9. The number of alkyl halides is 1. The summed E-state index contributed by atoms with van der Waals surface area (Å²) in [5.74, 6) is 0.631. The molecule has 8 heteroatoms. The van der Waals surface area contributed by atoms with E-state index in [-0.39, 0.29) is 5.91 Å². The molecule has 0 saturated carbocycles. The second-order valence-corrected chi connectivity index (χ2v) is 7.06. The van der Waals surface area contributed by atoms with Crippen LogP contribution in [0.4, 0.5) is 21.7 Å². The van der Waals surface area contributed by atoms with Crippen molar-refractivity contribution in [1.82, 2.24) is 15.0 Å². The highest BCUT2D eigenvalue weighted by molar-refractivity contribution is 6.30. The van der Waals surface area contributed by atoms with Crippen molar-refractivity contribution in [2.45, 2.75) is 6.67 Å². The maximum Gasteiger partial charge on any atom is 0.255 e. The van der Waals surface area contributed by atoms with Crippen molar-refractivity contribution < 1.29 is 9.18 Å². The van der Waals surface area contributed by atoms with E-state index in [1.165, 1.54) is 12.4 Å². The number of carbonyl (C=O) groups is 1. The van der Waals surface area contributed by atoms with Gasteiger partial charge in [0.1, 0.15) is 18.3 Å². The van der Waals surface area contributed by atoms with E-state index in [1.807, 2.05) is 18.2 Å². The first-order valence-corrected chi connectivity index (χ1v) is 9.75. The van der Waals surface area contributed by atoms with Crippen LogP contribution in [-0.2, 0) is 6.67 Å². The molecule has 6 nitrogen and oxygen atoms in total. The Labute approximate surface area is 183 Å². The van der Waals surface area contributed by atoms with Crippen LogP contribution in [0.15, 0.2) is 79.4 Å². The molecule has 0 aliphatic rings. The number of benzene rings is 1. The molecule has 0 fully saturated rings. The molecule has 0 atom stereocenters. The summed E-state index contributed by atoms with van der Waals surface area (Å²) in [5.41, 5.74) is 3.19. The molecular formula is C23H17ClFN5O. The lowest BCUT2D eigenvalue weighted by atomic mass is 10.1. The van der Waals surface area contributed by atoms with E-state index in [1.54, 1.807) is 48.8 Å². The van der Waals surface area contributed by atoms with E-state index >= 15 is 0 Å². The number of anilines is 3. The van der Waals surface area contributed by atoms with Crippen LogP contribution in [0.5, 0.6) is 0 Å². The first-order valence-electron chi connectivity index (χ1n) is 9.37. The Kier molecular flexibility index (Phi) is 6.14. The Morgan fingerprint density at radius 1 is 0.935 bits per heavy atom. The van der Waals surface area contributed by atoms with Gasteiger partial charge >= 0.3 is 0 Å². The third kappa shape index (κ3) is 5.02. The number of hydrogen-bond acceptors (Lipinski definition) is 5. The highest BCUT2D eigenvalue weighted by Crippen LogP contribution is 2.28. The average Bonchev–Trinajstić information content (AvgIpc) is 2.81. The number of nitrogens with zero attached hydrogens (tertiary/aromatic N) is 3. The molecule has 154 valence electrons. The maximum atomic E-state index is 12.9. The van der Waals surface area contributed by atoms with E-state index in [0.717, 1.165) is 11.1 Å². The second kappa shape index (κ2) is 9.32. The zero-order valence-electron chi connectivity index (χ0n) is 16.2. The summed E-state index contributed by atoms with van der Waals surface area (Å²) in [7, 11) is 0. The first-order chi connectivity index (χ1) is 15.1. The van der Waals surface area contributed by atoms with Gasteiger partial charge in [0.15, 0.2) is 0 Å². The summed E-state index contributed by atoms with van der Waals surface area (Å²) in [6, 6.07) is 15.7. The monoisotopic (exact) mass is 433 g/mol. The molecule has 31 heavy (non-hydrogen) atoms. The van der Waals surface area contributed by atoms with Gasteiger partial charge in [0, 0.05) is 40.3 Å². The van der Waals surface area contributed by atoms with Crippen LogP contribution in [0.25, 0.3) is 11.1 Å². The minimum atomic E-state index is -0.576. The first kappa shape index (κ1) is 20.4. The van der Waals surface area contributed by atoms with Crippen LogP contribution >= 0.6 is 11.6 Å². The van der Waals surface area contributed by atoms with E-state index in [4.69, 9.17) is 11.6 Å². The molecule has 4 rings (SSSR count). The lowest BCUT2D eigenvalue weighted by molar-refractivity contribution is 0.102. The number of halogens is 2. The average molecular weight is 434 g/mol. The van der Waals surface area contributed by atoms with Gasteiger partial charge < -0.3 is 10.6 Å². The second-order valence-electron chi connectivity index (χ2n) is 6.62. The molecule has 1 aromatic carbocycles. The molecular weight excluding hydrogens is 417 g/mol. The van der Waals surface area contributed by atoms with Crippen LogP contribution in [0, 0.1) is 0 Å². The van der Waals surface area contributed by atoms with Gasteiger partial charge in [-0.15, -0.1) is 0 Å². The number of nitrogens with one attached hydrogen (secondary N) is 2. The van der Waals surface area contributed by atoms with Gasteiger partial charge in [-0.25, -0.2) is 14.4 Å². The molecule has 3 aromatic heterocycles. The van der Waals surface area contributed by atoms with Crippen LogP contribution < -0.4 is 10.6 Å². The van der Waals surface area contributed by atoms with E-state index < -0.39 is 6.67 Å². The number of amides is 1. The molecule has 0 aliphatic carbocycles. The smallest absolute Gasteiger partial charge is 0.255 e. The molecule has 0 aliphatic heterocycles. The highest BCUT2D eigenvalue weighted by Gasteiger charge is 2.12. The zero-order chi connectivity index (χ0) is 21.6. The molecule has 3 heterocycles. The Morgan fingerprint density at radius 2 is 1.77 bits per heavy atom. The van der Waals surface area contributed by atoms with Crippen molar-refractivity contribution in [3.63, 3.8) is 0 Å². The standard InChI is InChI=1S/C23H17ClFN5O/c24-18-4-2-16(3-5-18)19-8-9-26-14-20(19)29-23(31)17-7-10-27-22(11-17)30-21-6-1-15(12-25)13-28-21/h1-11,13-14H,12H2,(H,29,31)(H,27,28,30). The minimum Gasteiger partial charge on any atom is -0.325 e. The number of hydrogen-bond donors (Lipinski definition) is 2. The molecule has 0 saturated heterocycles. The Bertz CT molecular complexity index is 1200. The zero-order valence-corrected chi connectivity index (χ0v) is 17.0. The van der Waals surface area contributed by atoms with Crippen molar-refractivity contribution in [2.24, 2.45) is 0 Å². The lowest BCUT2D eigenvalue weighted by Gasteiger charge is -2.12. The Morgan fingerprint density at radius 3 is 2.52 bits per heavy atom. The highest BCUT2D eigenvalue weighted by atomic mass is 35.5. The van der Waals surface area contributed by atoms with Crippen molar-refractivity contribution in [2.75, 3.05) is 10.6 Å². The van der Waals surface area contributed by atoms with E-state index in [9.17, 15) is 9.18 Å². The Hall–Kier alpha value is -3.84. The van der Waals surface area contributed by atoms with Gasteiger partial charge in [0.25, 0.3) is 5.91 Å². The lowest BCUT2D eigenvalue weighted by Crippen LogP contribution is -2.13. The third-order valence-corrected chi connectivity index (χ3v) is 4.73. The summed E-state index contributed by atoms with van der Waals surface area (Å²) in [6.07, 6.45) is 6.23.